The number of nitrogens with zero attached hydrogens (tertiary/aromatic N) is 2. The standard InChI is InChI=1S/C23H26N4OS/c1-14(2)27-22(28)20-17-8-4-6-10-19(17)29-21(20)26-23(27)24-12-11-15-13-25-18-9-5-3-7-16(15)18/h3,5,7,9,13-14,25H,4,6,8,10-12H2,1-2H3,(H,24,26). The summed E-state index contributed by atoms with van der Waals surface area (Å²) in [4.78, 5) is 23.9. The first-order valence-corrected chi connectivity index (χ1v) is 11.3. The van der Waals surface area contributed by atoms with Crippen LogP contribution in [-0.2, 0) is 19.3 Å². The molecular weight excluding hydrogens is 380 g/mol. The fraction of sp³-hybridized carbons (Fsp3) is 0.391. The van der Waals surface area contributed by atoms with Gasteiger partial charge in [0, 0.05) is 34.6 Å². The smallest absolute Gasteiger partial charge is 0.264 e. The maximum atomic E-state index is 13.4. The summed E-state index contributed by atoms with van der Waals surface area (Å²) in [6, 6.07) is 8.41. The number of hydrogen-bond donors (Lipinski definition) is 2. The molecule has 0 amide bonds. The summed E-state index contributed by atoms with van der Waals surface area (Å²) in [5.74, 6) is 0.691. The lowest BCUT2D eigenvalue weighted by Gasteiger charge is -2.17. The minimum atomic E-state index is 0.0640. The maximum absolute atomic E-state index is 13.4. The molecule has 5 nitrogen and oxygen atoms in total. The molecule has 3 heterocycles. The number of anilines is 1. The van der Waals surface area contributed by atoms with Gasteiger partial charge < -0.3 is 10.3 Å². The number of nitrogens with one attached hydrogen (secondary N) is 2. The van der Waals surface area contributed by atoms with Gasteiger partial charge >= 0.3 is 0 Å². The Balaban J connectivity index is 1.47. The lowest BCUT2D eigenvalue weighted by atomic mass is 9.97. The van der Waals surface area contributed by atoms with Crippen molar-refractivity contribution < 1.29 is 0 Å². The van der Waals surface area contributed by atoms with E-state index in [4.69, 9.17) is 4.98 Å². The van der Waals surface area contributed by atoms with Gasteiger partial charge in [0.25, 0.3) is 5.56 Å². The molecule has 1 aliphatic rings. The zero-order valence-corrected chi connectivity index (χ0v) is 17.7. The first-order chi connectivity index (χ1) is 14.1. The summed E-state index contributed by atoms with van der Waals surface area (Å²) in [6.45, 7) is 4.84. The van der Waals surface area contributed by atoms with Crippen molar-refractivity contribution in [3.05, 3.63) is 56.8 Å². The molecule has 0 aliphatic heterocycles. The molecule has 0 fully saturated rings. The highest BCUT2D eigenvalue weighted by Crippen LogP contribution is 2.34. The molecule has 3 aromatic heterocycles. The number of benzene rings is 1. The van der Waals surface area contributed by atoms with E-state index in [0.717, 1.165) is 41.5 Å². The molecule has 0 saturated heterocycles. The lowest BCUT2D eigenvalue weighted by molar-refractivity contribution is 0.579. The largest absolute Gasteiger partial charge is 0.361 e. The van der Waals surface area contributed by atoms with E-state index >= 15 is 0 Å². The fourth-order valence-electron chi connectivity index (χ4n) is 4.47. The van der Waals surface area contributed by atoms with Crippen LogP contribution in [0.1, 0.15) is 48.7 Å². The molecule has 150 valence electrons. The molecule has 1 aromatic carbocycles. The molecule has 6 heteroatoms. The summed E-state index contributed by atoms with van der Waals surface area (Å²) < 4.78 is 1.83. The third kappa shape index (κ3) is 3.15. The molecular formula is C23H26N4OS. The quantitative estimate of drug-likeness (QED) is 0.487. The Morgan fingerprint density at radius 1 is 1.24 bits per heavy atom. The SMILES string of the molecule is CC(C)n1c(NCCc2c[nH]c3ccccc23)nc2sc3c(c2c1=O)CCCC3. The van der Waals surface area contributed by atoms with Gasteiger partial charge in [0.1, 0.15) is 4.83 Å². The van der Waals surface area contributed by atoms with Gasteiger partial charge in [-0.15, -0.1) is 11.3 Å². The van der Waals surface area contributed by atoms with Crippen LogP contribution in [0, 0.1) is 0 Å². The van der Waals surface area contributed by atoms with E-state index in [2.05, 4.69) is 48.5 Å². The van der Waals surface area contributed by atoms with Crippen LogP contribution in [0.5, 0.6) is 0 Å². The number of fused-ring (bicyclic) bond motifs is 4. The highest BCUT2D eigenvalue weighted by atomic mass is 32.1. The van der Waals surface area contributed by atoms with E-state index in [1.807, 2.05) is 10.6 Å². The number of thiophene rings is 1. The van der Waals surface area contributed by atoms with Crippen LogP contribution in [0.15, 0.2) is 35.3 Å². The van der Waals surface area contributed by atoms with Crippen LogP contribution < -0.4 is 10.9 Å². The molecule has 2 N–H and O–H groups in total. The van der Waals surface area contributed by atoms with Crippen molar-refractivity contribution in [2.75, 3.05) is 11.9 Å². The van der Waals surface area contributed by atoms with Crippen LogP contribution in [0.2, 0.25) is 0 Å². The number of rotatable bonds is 5. The summed E-state index contributed by atoms with van der Waals surface area (Å²) >= 11 is 1.71. The average Bonchev–Trinajstić information content (AvgIpc) is 3.29. The Kier molecular flexibility index (Phi) is 4.66. The van der Waals surface area contributed by atoms with E-state index < -0.39 is 0 Å². The number of para-hydroxylation sites is 1. The van der Waals surface area contributed by atoms with Crippen molar-refractivity contribution in [2.45, 2.75) is 52.0 Å². The Bertz CT molecular complexity index is 1250. The maximum Gasteiger partial charge on any atom is 0.264 e. The van der Waals surface area contributed by atoms with Crippen molar-refractivity contribution in [1.82, 2.24) is 14.5 Å². The van der Waals surface area contributed by atoms with Crippen molar-refractivity contribution in [3.63, 3.8) is 0 Å². The van der Waals surface area contributed by atoms with Crippen molar-refractivity contribution in [1.29, 1.82) is 0 Å². The molecule has 0 unspecified atom stereocenters. The molecule has 1 aliphatic carbocycles. The summed E-state index contributed by atoms with van der Waals surface area (Å²) in [6.07, 6.45) is 7.43. The third-order valence-electron chi connectivity index (χ3n) is 5.89. The van der Waals surface area contributed by atoms with E-state index in [-0.39, 0.29) is 11.6 Å². The molecule has 5 rings (SSSR count). The molecule has 29 heavy (non-hydrogen) atoms. The molecule has 0 spiro atoms. The second-order valence-corrected chi connectivity index (χ2v) is 9.22. The van der Waals surface area contributed by atoms with Crippen LogP contribution in [0.4, 0.5) is 5.95 Å². The highest BCUT2D eigenvalue weighted by Gasteiger charge is 2.22. The van der Waals surface area contributed by atoms with E-state index in [1.165, 1.54) is 34.2 Å². The molecule has 0 bridgehead atoms. The molecule has 4 aromatic rings. The first-order valence-electron chi connectivity index (χ1n) is 10.5. The monoisotopic (exact) mass is 406 g/mol. The normalized spacial score (nSPS) is 14.0. The molecule has 0 atom stereocenters. The van der Waals surface area contributed by atoms with Crippen molar-refractivity contribution in [3.8, 4) is 0 Å². The number of aromatic nitrogens is 3. The Hall–Kier alpha value is -2.60. The summed E-state index contributed by atoms with van der Waals surface area (Å²) in [5, 5.41) is 5.57. The topological polar surface area (TPSA) is 62.7 Å². The summed E-state index contributed by atoms with van der Waals surface area (Å²) in [7, 11) is 0. The number of hydrogen-bond acceptors (Lipinski definition) is 4. The zero-order chi connectivity index (χ0) is 20.0. The van der Waals surface area contributed by atoms with Crippen LogP contribution in [-0.4, -0.2) is 21.1 Å². The van der Waals surface area contributed by atoms with Gasteiger partial charge in [-0.2, -0.15) is 0 Å². The van der Waals surface area contributed by atoms with Gasteiger partial charge in [0.15, 0.2) is 0 Å². The number of aromatic amines is 1. The van der Waals surface area contributed by atoms with Crippen molar-refractivity contribution in [2.24, 2.45) is 0 Å². The van der Waals surface area contributed by atoms with Gasteiger partial charge in [-0.1, -0.05) is 18.2 Å². The Morgan fingerprint density at radius 2 is 2.07 bits per heavy atom. The Labute approximate surface area is 173 Å². The second kappa shape index (κ2) is 7.34. The van der Waals surface area contributed by atoms with Gasteiger partial charge in [0.05, 0.1) is 5.39 Å². The lowest BCUT2D eigenvalue weighted by Crippen LogP contribution is -2.27. The minimum absolute atomic E-state index is 0.0640. The summed E-state index contributed by atoms with van der Waals surface area (Å²) in [5.41, 5.74) is 3.80. The van der Waals surface area contributed by atoms with Crippen LogP contribution in [0.3, 0.4) is 0 Å². The fourth-order valence-corrected chi connectivity index (χ4v) is 5.72. The van der Waals surface area contributed by atoms with Crippen LogP contribution >= 0.6 is 11.3 Å². The third-order valence-corrected chi connectivity index (χ3v) is 7.08. The van der Waals surface area contributed by atoms with E-state index in [0.29, 0.717) is 5.95 Å². The predicted molar refractivity (Wildman–Crippen MR) is 121 cm³/mol. The van der Waals surface area contributed by atoms with Gasteiger partial charge in [-0.05, 0) is 63.1 Å². The molecule has 0 radical (unpaired) electrons. The van der Waals surface area contributed by atoms with Crippen molar-refractivity contribution >= 4 is 38.4 Å². The van der Waals surface area contributed by atoms with Crippen LogP contribution in [0.25, 0.3) is 21.1 Å². The highest BCUT2D eigenvalue weighted by molar-refractivity contribution is 7.18. The minimum Gasteiger partial charge on any atom is -0.361 e. The first kappa shape index (κ1) is 18.4. The van der Waals surface area contributed by atoms with E-state index in [1.54, 1.807) is 11.3 Å². The number of aryl methyl sites for hydroxylation is 2. The average molecular weight is 407 g/mol. The predicted octanol–water partition coefficient (Wildman–Crippen LogP) is 5.05. The molecule has 0 saturated carbocycles. The van der Waals surface area contributed by atoms with Gasteiger partial charge in [-0.3, -0.25) is 9.36 Å². The second-order valence-electron chi connectivity index (χ2n) is 8.13. The van der Waals surface area contributed by atoms with Gasteiger partial charge in [-0.25, -0.2) is 4.98 Å². The number of H-pyrrole nitrogens is 1. The zero-order valence-electron chi connectivity index (χ0n) is 16.9. The van der Waals surface area contributed by atoms with E-state index in [9.17, 15) is 4.79 Å². The Morgan fingerprint density at radius 3 is 2.93 bits per heavy atom. The van der Waals surface area contributed by atoms with Gasteiger partial charge in [0.2, 0.25) is 5.95 Å².